The first-order valence-electron chi connectivity index (χ1n) is 7.62. The minimum Gasteiger partial charge on any atom is -0.444 e. The molecule has 1 aliphatic heterocycles. The molecule has 1 aromatic rings. The van der Waals surface area contributed by atoms with E-state index in [0.29, 0.717) is 18.8 Å². The first-order valence-corrected chi connectivity index (χ1v) is 7.62. The Hall–Kier alpha value is -2.05. The van der Waals surface area contributed by atoms with Crippen LogP contribution in [0.5, 0.6) is 0 Å². The van der Waals surface area contributed by atoms with Gasteiger partial charge < -0.3 is 15.4 Å². The van der Waals surface area contributed by atoms with Crippen LogP contribution >= 0.6 is 0 Å². The summed E-state index contributed by atoms with van der Waals surface area (Å²) in [6.45, 7) is 7.74. The van der Waals surface area contributed by atoms with Gasteiger partial charge in [-0.3, -0.25) is 4.90 Å². The Morgan fingerprint density at radius 3 is 2.68 bits per heavy atom. The molecule has 2 fully saturated rings. The third-order valence-corrected chi connectivity index (χ3v) is 4.11. The highest BCUT2D eigenvalue weighted by molar-refractivity contribution is 5.71. The number of anilines is 2. The van der Waals surface area contributed by atoms with Crippen molar-refractivity contribution in [2.24, 2.45) is 0 Å². The van der Waals surface area contributed by atoms with Crippen LogP contribution in [0.25, 0.3) is 0 Å². The van der Waals surface area contributed by atoms with Gasteiger partial charge in [0.25, 0.3) is 0 Å². The Morgan fingerprint density at radius 1 is 1.36 bits per heavy atom. The Balaban J connectivity index is 1.74. The molecule has 0 radical (unpaired) electrons. The van der Waals surface area contributed by atoms with Crippen molar-refractivity contribution in [2.45, 2.75) is 44.8 Å². The van der Waals surface area contributed by atoms with E-state index in [4.69, 9.17) is 10.5 Å². The second-order valence-corrected chi connectivity index (χ2v) is 7.08. The largest absolute Gasteiger partial charge is 0.444 e. The fourth-order valence-electron chi connectivity index (χ4n) is 2.93. The molecule has 1 saturated heterocycles. The van der Waals surface area contributed by atoms with Crippen molar-refractivity contribution in [2.75, 3.05) is 30.3 Å². The molecule has 2 N–H and O–H groups in total. The van der Waals surface area contributed by atoms with Gasteiger partial charge in [0.05, 0.1) is 17.4 Å². The lowest BCUT2D eigenvalue weighted by atomic mass is 10.1. The molecule has 1 aliphatic carbocycles. The number of amides is 1. The second-order valence-electron chi connectivity index (χ2n) is 7.08. The quantitative estimate of drug-likeness (QED) is 0.849. The lowest BCUT2D eigenvalue weighted by Gasteiger charge is -2.43. The number of piperazine rings is 1. The van der Waals surface area contributed by atoms with Gasteiger partial charge in [-0.15, -0.1) is 0 Å². The second kappa shape index (κ2) is 5.00. The lowest BCUT2D eigenvalue weighted by molar-refractivity contribution is 0.0106. The van der Waals surface area contributed by atoms with E-state index >= 15 is 0 Å². The van der Waals surface area contributed by atoms with E-state index in [2.05, 4.69) is 14.9 Å². The van der Waals surface area contributed by atoms with Gasteiger partial charge in [-0.2, -0.15) is 0 Å². The van der Waals surface area contributed by atoms with Crippen LogP contribution < -0.4 is 10.6 Å². The van der Waals surface area contributed by atoms with Crippen molar-refractivity contribution in [3.8, 4) is 0 Å². The number of hydrogen-bond donors (Lipinski definition) is 1. The van der Waals surface area contributed by atoms with Crippen LogP contribution in [0.3, 0.4) is 0 Å². The molecular weight excluding hydrogens is 282 g/mol. The molecule has 22 heavy (non-hydrogen) atoms. The van der Waals surface area contributed by atoms with Crippen molar-refractivity contribution in [3.05, 3.63) is 12.5 Å². The fraction of sp³-hybridized carbons (Fsp3) is 0.667. The summed E-state index contributed by atoms with van der Waals surface area (Å²) in [4.78, 5) is 24.6. The van der Waals surface area contributed by atoms with Crippen LogP contribution in [0.4, 0.5) is 16.3 Å². The highest BCUT2D eigenvalue weighted by atomic mass is 16.6. The van der Waals surface area contributed by atoms with E-state index in [-0.39, 0.29) is 11.6 Å². The molecular formula is C15H23N5O2. The van der Waals surface area contributed by atoms with E-state index < -0.39 is 5.60 Å². The predicted molar refractivity (Wildman–Crippen MR) is 83.6 cm³/mol. The van der Waals surface area contributed by atoms with Crippen molar-refractivity contribution in [1.82, 2.24) is 14.9 Å². The number of carbonyl (C=O) groups is 1. The summed E-state index contributed by atoms with van der Waals surface area (Å²) in [7, 11) is 0. The highest BCUT2D eigenvalue weighted by Crippen LogP contribution is 2.45. The summed E-state index contributed by atoms with van der Waals surface area (Å²) in [5, 5.41) is 0. The summed E-state index contributed by atoms with van der Waals surface area (Å²) < 4.78 is 5.54. The normalized spacial score (nSPS) is 20.1. The Bertz CT molecular complexity index is 580. The Kier molecular flexibility index (Phi) is 3.38. The lowest BCUT2D eigenvalue weighted by Crippen LogP contribution is -2.58. The van der Waals surface area contributed by atoms with Gasteiger partial charge in [-0.25, -0.2) is 14.8 Å². The van der Waals surface area contributed by atoms with Crippen molar-refractivity contribution >= 4 is 17.6 Å². The average molecular weight is 305 g/mol. The first-order chi connectivity index (χ1) is 10.3. The van der Waals surface area contributed by atoms with Crippen LogP contribution in [-0.2, 0) is 4.74 Å². The minimum atomic E-state index is -0.471. The third kappa shape index (κ3) is 2.80. The van der Waals surface area contributed by atoms with E-state index in [1.807, 2.05) is 25.7 Å². The van der Waals surface area contributed by atoms with Gasteiger partial charge >= 0.3 is 6.09 Å². The summed E-state index contributed by atoms with van der Waals surface area (Å²) in [6.07, 6.45) is 4.88. The van der Waals surface area contributed by atoms with Crippen molar-refractivity contribution in [1.29, 1.82) is 0 Å². The molecule has 2 aliphatic rings. The van der Waals surface area contributed by atoms with Gasteiger partial charge in [0.2, 0.25) is 0 Å². The molecule has 3 rings (SSSR count). The molecule has 1 aromatic heterocycles. The number of ether oxygens (including phenoxy) is 1. The number of aromatic nitrogens is 2. The molecule has 0 atom stereocenters. The zero-order valence-electron chi connectivity index (χ0n) is 13.4. The van der Waals surface area contributed by atoms with Crippen LogP contribution in [-0.4, -0.2) is 51.7 Å². The van der Waals surface area contributed by atoms with Crippen molar-refractivity contribution in [3.63, 3.8) is 0 Å². The zero-order chi connectivity index (χ0) is 16.0. The van der Waals surface area contributed by atoms with Crippen molar-refractivity contribution < 1.29 is 9.53 Å². The standard InChI is InChI=1S/C15H23N5O2/c1-14(2,3)22-13(21)20-7-6-19(9-15(20)4-5-15)12-11(16)8-17-10-18-12/h8,10H,4-7,9,16H2,1-3H3. The molecule has 120 valence electrons. The molecule has 0 aromatic carbocycles. The number of rotatable bonds is 1. The van der Waals surface area contributed by atoms with Gasteiger partial charge in [-0.05, 0) is 33.6 Å². The molecule has 2 heterocycles. The molecule has 1 amide bonds. The van der Waals surface area contributed by atoms with Crippen LogP contribution in [0.15, 0.2) is 12.5 Å². The van der Waals surface area contributed by atoms with E-state index in [1.165, 1.54) is 6.33 Å². The summed E-state index contributed by atoms with van der Waals surface area (Å²) in [5.41, 5.74) is 5.94. The average Bonchev–Trinajstić information content (AvgIpc) is 3.17. The first kappa shape index (κ1) is 14.9. The molecule has 0 unspecified atom stereocenters. The predicted octanol–water partition coefficient (Wildman–Crippen LogP) is 1.65. The maximum atomic E-state index is 12.4. The number of nitrogens with zero attached hydrogens (tertiary/aromatic N) is 4. The fourth-order valence-corrected chi connectivity index (χ4v) is 2.93. The highest BCUT2D eigenvalue weighted by Gasteiger charge is 2.54. The van der Waals surface area contributed by atoms with Gasteiger partial charge in [-0.1, -0.05) is 0 Å². The molecule has 1 spiro atoms. The molecule has 0 bridgehead atoms. The third-order valence-electron chi connectivity index (χ3n) is 4.11. The van der Waals surface area contributed by atoms with Crippen LogP contribution in [0.2, 0.25) is 0 Å². The number of nitrogen functional groups attached to an aromatic ring is 1. The van der Waals surface area contributed by atoms with Gasteiger partial charge in [0.1, 0.15) is 11.9 Å². The maximum absolute atomic E-state index is 12.4. The van der Waals surface area contributed by atoms with Crippen LogP contribution in [0, 0.1) is 0 Å². The van der Waals surface area contributed by atoms with E-state index in [9.17, 15) is 4.79 Å². The van der Waals surface area contributed by atoms with E-state index in [0.717, 1.165) is 25.2 Å². The van der Waals surface area contributed by atoms with E-state index in [1.54, 1.807) is 6.20 Å². The molecule has 1 saturated carbocycles. The van der Waals surface area contributed by atoms with Gasteiger partial charge in [0, 0.05) is 19.6 Å². The number of hydrogen-bond acceptors (Lipinski definition) is 6. The maximum Gasteiger partial charge on any atom is 0.410 e. The number of carbonyl (C=O) groups excluding carboxylic acids is 1. The topological polar surface area (TPSA) is 84.6 Å². The number of nitrogens with two attached hydrogens (primary N) is 1. The zero-order valence-corrected chi connectivity index (χ0v) is 13.4. The Labute approximate surface area is 130 Å². The summed E-state index contributed by atoms with van der Waals surface area (Å²) in [5.74, 6) is 0.755. The Morgan fingerprint density at radius 2 is 2.09 bits per heavy atom. The SMILES string of the molecule is CC(C)(C)OC(=O)N1CCN(c2ncncc2N)CC12CC2. The summed E-state index contributed by atoms with van der Waals surface area (Å²) >= 11 is 0. The molecule has 7 heteroatoms. The summed E-state index contributed by atoms with van der Waals surface area (Å²) in [6, 6.07) is 0. The van der Waals surface area contributed by atoms with Crippen LogP contribution in [0.1, 0.15) is 33.6 Å². The smallest absolute Gasteiger partial charge is 0.410 e. The minimum absolute atomic E-state index is 0.127. The molecule has 7 nitrogen and oxygen atoms in total. The van der Waals surface area contributed by atoms with Gasteiger partial charge in [0.15, 0.2) is 5.82 Å². The monoisotopic (exact) mass is 305 g/mol.